The SMILES string of the molecule is CCCCCCCCP(Cl)Cl. The van der Waals surface area contributed by atoms with E-state index in [-0.39, 0.29) is 0 Å². The van der Waals surface area contributed by atoms with Gasteiger partial charge < -0.3 is 0 Å². The monoisotopic (exact) mass is 214 g/mol. The summed E-state index contributed by atoms with van der Waals surface area (Å²) in [6.45, 7) is 1.55. The van der Waals surface area contributed by atoms with Crippen LogP contribution in [0.5, 0.6) is 0 Å². The second-order valence-corrected chi connectivity index (χ2v) is 6.81. The van der Waals surface area contributed by atoms with Gasteiger partial charge in [0.15, 0.2) is 0 Å². The van der Waals surface area contributed by atoms with Crippen LogP contribution in [0.2, 0.25) is 0 Å². The van der Waals surface area contributed by atoms with Crippen molar-refractivity contribution in [2.45, 2.75) is 45.4 Å². The summed E-state index contributed by atoms with van der Waals surface area (Å²) in [6, 6.07) is 0. The molecule has 0 spiro atoms. The van der Waals surface area contributed by atoms with E-state index >= 15 is 0 Å². The topological polar surface area (TPSA) is 0 Å². The Bertz CT molecular complexity index is 76.5. The molecule has 0 bridgehead atoms. The van der Waals surface area contributed by atoms with Gasteiger partial charge in [-0.05, 0) is 12.6 Å². The lowest BCUT2D eigenvalue weighted by atomic mass is 10.1. The third-order valence-electron chi connectivity index (χ3n) is 1.68. The third kappa shape index (κ3) is 11.0. The summed E-state index contributed by atoms with van der Waals surface area (Å²) >= 11 is 11.3. The Morgan fingerprint density at radius 3 is 2.00 bits per heavy atom. The van der Waals surface area contributed by atoms with Gasteiger partial charge in [-0.1, -0.05) is 61.5 Å². The van der Waals surface area contributed by atoms with Crippen molar-refractivity contribution in [1.29, 1.82) is 0 Å². The van der Waals surface area contributed by atoms with E-state index in [9.17, 15) is 0 Å². The summed E-state index contributed by atoms with van der Waals surface area (Å²) < 4.78 is 0. The number of halogens is 2. The maximum Gasteiger partial charge on any atom is 0.0854 e. The Morgan fingerprint density at radius 2 is 1.45 bits per heavy atom. The first-order chi connectivity index (χ1) is 5.27. The van der Waals surface area contributed by atoms with Crippen LogP contribution < -0.4 is 0 Å². The molecule has 0 unspecified atom stereocenters. The Morgan fingerprint density at radius 1 is 0.909 bits per heavy atom. The van der Waals surface area contributed by atoms with Crippen LogP contribution in [-0.2, 0) is 0 Å². The van der Waals surface area contributed by atoms with Gasteiger partial charge >= 0.3 is 0 Å². The predicted octanol–water partition coefficient (Wildman–Crippen LogP) is 5.14. The molecule has 0 saturated carbocycles. The van der Waals surface area contributed by atoms with E-state index in [4.69, 9.17) is 22.5 Å². The zero-order valence-corrected chi connectivity index (χ0v) is 9.56. The molecule has 0 amide bonds. The molecule has 0 aliphatic rings. The second kappa shape index (κ2) is 9.10. The maximum atomic E-state index is 5.65. The van der Waals surface area contributed by atoms with Gasteiger partial charge in [-0.3, -0.25) is 0 Å². The van der Waals surface area contributed by atoms with Crippen LogP contribution in [0, 0.1) is 0 Å². The standard InChI is InChI=1S/C8H17Cl2P/c1-2-3-4-5-6-7-8-11(9)10/h2-8H2,1H3. The van der Waals surface area contributed by atoms with Gasteiger partial charge in [0.2, 0.25) is 0 Å². The van der Waals surface area contributed by atoms with E-state index in [1.807, 2.05) is 0 Å². The molecule has 0 saturated heterocycles. The highest BCUT2D eigenvalue weighted by Crippen LogP contribution is 2.47. The van der Waals surface area contributed by atoms with Gasteiger partial charge in [-0.15, -0.1) is 0 Å². The minimum absolute atomic E-state index is 0.681. The zero-order chi connectivity index (χ0) is 8.53. The first kappa shape index (κ1) is 12.0. The number of hydrogen-bond acceptors (Lipinski definition) is 0. The van der Waals surface area contributed by atoms with E-state index in [0.717, 1.165) is 6.16 Å². The Labute approximate surface area is 81.0 Å². The number of unbranched alkanes of at least 4 members (excludes halogenated alkanes) is 5. The van der Waals surface area contributed by atoms with Crippen LogP contribution in [0.4, 0.5) is 0 Å². The second-order valence-electron chi connectivity index (χ2n) is 2.79. The minimum atomic E-state index is -0.681. The summed E-state index contributed by atoms with van der Waals surface area (Å²) in [6.07, 6.45) is 8.95. The van der Waals surface area contributed by atoms with E-state index in [0.29, 0.717) is 0 Å². The minimum Gasteiger partial charge on any atom is -0.0781 e. The molecule has 0 aromatic heterocycles. The lowest BCUT2D eigenvalue weighted by Crippen LogP contribution is -1.80. The molecule has 0 aliphatic carbocycles. The van der Waals surface area contributed by atoms with E-state index in [1.165, 1.54) is 38.5 Å². The summed E-state index contributed by atoms with van der Waals surface area (Å²) in [5, 5.41) is 0. The third-order valence-corrected chi connectivity index (χ3v) is 3.35. The largest absolute Gasteiger partial charge is 0.0854 e. The summed E-state index contributed by atoms with van der Waals surface area (Å²) in [5.41, 5.74) is 0. The molecule has 0 atom stereocenters. The Balaban J connectivity index is 2.80. The lowest BCUT2D eigenvalue weighted by molar-refractivity contribution is 0.626. The molecule has 0 aliphatic heterocycles. The fraction of sp³-hybridized carbons (Fsp3) is 1.00. The molecule has 0 fully saturated rings. The Kier molecular flexibility index (Phi) is 9.94. The molecule has 0 N–H and O–H groups in total. The highest BCUT2D eigenvalue weighted by molar-refractivity contribution is 8.03. The molecule has 0 rings (SSSR count). The first-order valence-corrected chi connectivity index (χ1v) is 7.70. The molecule has 0 aromatic rings. The molecular weight excluding hydrogens is 198 g/mol. The normalized spacial score (nSPS) is 10.9. The van der Waals surface area contributed by atoms with E-state index in [1.54, 1.807) is 0 Å². The van der Waals surface area contributed by atoms with Crippen molar-refractivity contribution < 1.29 is 0 Å². The first-order valence-electron chi connectivity index (χ1n) is 4.36. The van der Waals surface area contributed by atoms with Crippen LogP contribution in [0.3, 0.4) is 0 Å². The van der Waals surface area contributed by atoms with Crippen LogP contribution in [-0.4, -0.2) is 6.16 Å². The Hall–Kier alpha value is 1.01. The van der Waals surface area contributed by atoms with Crippen molar-refractivity contribution in [3.8, 4) is 0 Å². The van der Waals surface area contributed by atoms with Crippen LogP contribution in [0.1, 0.15) is 45.4 Å². The van der Waals surface area contributed by atoms with Crippen molar-refractivity contribution in [3.63, 3.8) is 0 Å². The summed E-state index contributed by atoms with van der Waals surface area (Å²) in [7, 11) is 0. The molecular formula is C8H17Cl2P. The maximum absolute atomic E-state index is 5.65. The smallest absolute Gasteiger partial charge is 0.0781 e. The predicted molar refractivity (Wildman–Crippen MR) is 56.9 cm³/mol. The quantitative estimate of drug-likeness (QED) is 0.407. The van der Waals surface area contributed by atoms with Crippen molar-refractivity contribution >= 4 is 29.1 Å². The number of rotatable bonds is 7. The van der Waals surface area contributed by atoms with Gasteiger partial charge in [0.05, 0.1) is 6.63 Å². The van der Waals surface area contributed by atoms with Crippen molar-refractivity contribution in [3.05, 3.63) is 0 Å². The number of hydrogen-bond donors (Lipinski definition) is 0. The molecule has 0 radical (unpaired) electrons. The van der Waals surface area contributed by atoms with Crippen LogP contribution >= 0.6 is 29.1 Å². The average molecular weight is 215 g/mol. The molecule has 11 heavy (non-hydrogen) atoms. The van der Waals surface area contributed by atoms with Crippen molar-refractivity contribution in [1.82, 2.24) is 0 Å². The lowest BCUT2D eigenvalue weighted by Gasteiger charge is -2.00. The zero-order valence-electron chi connectivity index (χ0n) is 7.15. The molecule has 0 nitrogen and oxygen atoms in total. The van der Waals surface area contributed by atoms with Gasteiger partial charge in [0.1, 0.15) is 0 Å². The van der Waals surface area contributed by atoms with Gasteiger partial charge in [-0.2, -0.15) is 0 Å². The summed E-state index contributed by atoms with van der Waals surface area (Å²) in [5.74, 6) is 0. The molecule has 0 heterocycles. The van der Waals surface area contributed by atoms with E-state index in [2.05, 4.69) is 6.92 Å². The van der Waals surface area contributed by atoms with Crippen LogP contribution in [0.25, 0.3) is 0 Å². The van der Waals surface area contributed by atoms with Gasteiger partial charge in [0.25, 0.3) is 0 Å². The fourth-order valence-electron chi connectivity index (χ4n) is 1.01. The van der Waals surface area contributed by atoms with Crippen molar-refractivity contribution in [2.24, 2.45) is 0 Å². The fourth-order valence-corrected chi connectivity index (χ4v) is 2.19. The van der Waals surface area contributed by atoms with E-state index < -0.39 is 6.63 Å². The highest BCUT2D eigenvalue weighted by Gasteiger charge is 1.97. The highest BCUT2D eigenvalue weighted by atomic mass is 35.9. The van der Waals surface area contributed by atoms with Crippen molar-refractivity contribution in [2.75, 3.05) is 6.16 Å². The average Bonchev–Trinajstić information content (AvgIpc) is 1.96. The molecule has 0 aromatic carbocycles. The van der Waals surface area contributed by atoms with Gasteiger partial charge in [-0.25, -0.2) is 0 Å². The summed E-state index contributed by atoms with van der Waals surface area (Å²) in [4.78, 5) is 0. The van der Waals surface area contributed by atoms with Gasteiger partial charge in [0, 0.05) is 0 Å². The molecule has 3 heteroatoms. The van der Waals surface area contributed by atoms with Crippen LogP contribution in [0.15, 0.2) is 0 Å². The molecule has 68 valence electrons.